The summed E-state index contributed by atoms with van der Waals surface area (Å²) in [4.78, 5) is 12.5. The summed E-state index contributed by atoms with van der Waals surface area (Å²) in [6.07, 6.45) is 1.57. The molecule has 8 heteroatoms. The number of ether oxygens (including phenoxy) is 3. The largest absolute Gasteiger partial charge is 0.496 e. The molecule has 0 unspecified atom stereocenters. The summed E-state index contributed by atoms with van der Waals surface area (Å²) in [6, 6.07) is 18.8. The molecule has 4 rings (SSSR count). The molecule has 1 aromatic heterocycles. The van der Waals surface area contributed by atoms with Gasteiger partial charge in [-0.1, -0.05) is 30.3 Å². The van der Waals surface area contributed by atoms with E-state index in [0.29, 0.717) is 22.9 Å². The maximum absolute atomic E-state index is 12.5. The van der Waals surface area contributed by atoms with Crippen molar-refractivity contribution in [3.05, 3.63) is 71.9 Å². The smallest absolute Gasteiger partial charge is 0.289 e. The van der Waals surface area contributed by atoms with E-state index in [1.807, 2.05) is 42.5 Å². The summed E-state index contributed by atoms with van der Waals surface area (Å²) in [5.41, 5.74) is 4.95. The van der Waals surface area contributed by atoms with Crippen molar-refractivity contribution in [1.82, 2.24) is 15.6 Å². The maximum Gasteiger partial charge on any atom is 0.289 e. The topological polar surface area (TPSA) is 97.8 Å². The highest BCUT2D eigenvalue weighted by Gasteiger charge is 2.13. The van der Waals surface area contributed by atoms with Gasteiger partial charge in [-0.3, -0.25) is 9.89 Å². The molecule has 3 aromatic carbocycles. The van der Waals surface area contributed by atoms with Gasteiger partial charge in [-0.2, -0.15) is 10.2 Å². The third kappa shape index (κ3) is 4.11. The standard InChI is InChI=1S/C24H22N4O4/c1-30-21-10-8-15-6-4-5-7-17(15)18(21)14-25-28-24(29)20-13-19(26-27-20)16-9-11-22(31-2)23(12-16)32-3/h4-14H,1-3H3,(H,26,27)(H,28,29). The molecule has 0 aliphatic carbocycles. The van der Waals surface area contributed by atoms with Crippen LogP contribution in [0.25, 0.3) is 22.0 Å². The monoisotopic (exact) mass is 430 g/mol. The average Bonchev–Trinajstić information content (AvgIpc) is 3.34. The third-order valence-electron chi connectivity index (χ3n) is 5.01. The molecule has 0 spiro atoms. The zero-order chi connectivity index (χ0) is 22.5. The van der Waals surface area contributed by atoms with Crippen LogP contribution in [-0.2, 0) is 0 Å². The number of benzene rings is 3. The first-order valence-corrected chi connectivity index (χ1v) is 9.81. The maximum atomic E-state index is 12.5. The van der Waals surface area contributed by atoms with Gasteiger partial charge in [-0.05, 0) is 41.1 Å². The quantitative estimate of drug-likeness (QED) is 0.341. The zero-order valence-corrected chi connectivity index (χ0v) is 17.9. The Morgan fingerprint density at radius 2 is 1.69 bits per heavy atom. The first kappa shape index (κ1) is 20.9. The molecule has 0 saturated carbocycles. The normalized spacial score (nSPS) is 11.0. The van der Waals surface area contributed by atoms with Gasteiger partial charge < -0.3 is 14.2 Å². The van der Waals surface area contributed by atoms with E-state index in [4.69, 9.17) is 14.2 Å². The molecule has 0 atom stereocenters. The minimum atomic E-state index is -0.417. The number of hydrogen-bond donors (Lipinski definition) is 2. The van der Waals surface area contributed by atoms with Crippen LogP contribution >= 0.6 is 0 Å². The molecule has 0 aliphatic rings. The van der Waals surface area contributed by atoms with Crippen LogP contribution < -0.4 is 19.6 Å². The Balaban J connectivity index is 1.52. The Labute approximate surface area is 184 Å². The fraction of sp³-hybridized carbons (Fsp3) is 0.125. The number of carbonyl (C=O) groups is 1. The fourth-order valence-corrected chi connectivity index (χ4v) is 3.38. The summed E-state index contributed by atoms with van der Waals surface area (Å²) in [6.45, 7) is 0. The first-order valence-electron chi connectivity index (χ1n) is 9.81. The van der Waals surface area contributed by atoms with Crippen molar-refractivity contribution in [1.29, 1.82) is 0 Å². The van der Waals surface area contributed by atoms with Crippen LogP contribution in [0.5, 0.6) is 17.2 Å². The van der Waals surface area contributed by atoms with Crippen molar-refractivity contribution in [2.75, 3.05) is 21.3 Å². The highest BCUT2D eigenvalue weighted by Crippen LogP contribution is 2.31. The number of nitrogens with one attached hydrogen (secondary N) is 2. The van der Waals surface area contributed by atoms with Crippen molar-refractivity contribution in [3.8, 4) is 28.5 Å². The number of hydrogen-bond acceptors (Lipinski definition) is 6. The van der Waals surface area contributed by atoms with Crippen LogP contribution in [0.2, 0.25) is 0 Å². The van der Waals surface area contributed by atoms with E-state index in [9.17, 15) is 4.79 Å². The number of nitrogens with zero attached hydrogens (tertiary/aromatic N) is 2. The summed E-state index contributed by atoms with van der Waals surface area (Å²) in [7, 11) is 4.73. The number of H-pyrrole nitrogens is 1. The lowest BCUT2D eigenvalue weighted by atomic mass is 10.0. The summed E-state index contributed by atoms with van der Waals surface area (Å²) >= 11 is 0. The molecular formula is C24H22N4O4. The highest BCUT2D eigenvalue weighted by atomic mass is 16.5. The minimum absolute atomic E-state index is 0.275. The Morgan fingerprint density at radius 1 is 0.938 bits per heavy atom. The van der Waals surface area contributed by atoms with Gasteiger partial charge >= 0.3 is 0 Å². The van der Waals surface area contributed by atoms with Crippen molar-refractivity contribution in [2.24, 2.45) is 5.10 Å². The molecule has 0 fully saturated rings. The molecule has 0 aliphatic heterocycles. The molecule has 4 aromatic rings. The molecule has 162 valence electrons. The van der Waals surface area contributed by atoms with Gasteiger partial charge in [0.15, 0.2) is 11.5 Å². The van der Waals surface area contributed by atoms with Crippen molar-refractivity contribution < 1.29 is 19.0 Å². The van der Waals surface area contributed by atoms with E-state index in [0.717, 1.165) is 21.9 Å². The molecule has 0 radical (unpaired) electrons. The number of amides is 1. The summed E-state index contributed by atoms with van der Waals surface area (Å²) < 4.78 is 16.0. The number of aromatic nitrogens is 2. The van der Waals surface area contributed by atoms with E-state index < -0.39 is 5.91 Å². The average molecular weight is 430 g/mol. The van der Waals surface area contributed by atoms with Gasteiger partial charge in [0.25, 0.3) is 5.91 Å². The molecule has 32 heavy (non-hydrogen) atoms. The van der Waals surface area contributed by atoms with Crippen LogP contribution in [0.4, 0.5) is 0 Å². The van der Waals surface area contributed by atoms with Gasteiger partial charge in [0.1, 0.15) is 11.4 Å². The third-order valence-corrected chi connectivity index (χ3v) is 5.01. The van der Waals surface area contributed by atoms with Crippen LogP contribution in [0.1, 0.15) is 16.1 Å². The minimum Gasteiger partial charge on any atom is -0.496 e. The second kappa shape index (κ2) is 9.22. The van der Waals surface area contributed by atoms with E-state index in [1.54, 1.807) is 45.7 Å². The highest BCUT2D eigenvalue weighted by molar-refractivity contribution is 6.03. The zero-order valence-electron chi connectivity index (χ0n) is 17.9. The van der Waals surface area contributed by atoms with E-state index in [2.05, 4.69) is 20.7 Å². The Morgan fingerprint density at radius 3 is 2.47 bits per heavy atom. The molecule has 1 amide bonds. The van der Waals surface area contributed by atoms with Crippen LogP contribution in [0.3, 0.4) is 0 Å². The number of methoxy groups -OCH3 is 3. The Hall–Kier alpha value is -4.33. The first-order chi connectivity index (χ1) is 15.6. The Kier molecular flexibility index (Phi) is 6.03. The number of carbonyl (C=O) groups excluding carboxylic acids is 1. The van der Waals surface area contributed by atoms with E-state index >= 15 is 0 Å². The second-order valence-corrected chi connectivity index (χ2v) is 6.84. The van der Waals surface area contributed by atoms with Crippen molar-refractivity contribution in [2.45, 2.75) is 0 Å². The number of fused-ring (bicyclic) bond motifs is 1. The van der Waals surface area contributed by atoms with Crippen LogP contribution in [0, 0.1) is 0 Å². The molecule has 1 heterocycles. The SMILES string of the molecule is COc1ccc(-c2cc(C(=O)NN=Cc3c(OC)ccc4ccccc34)[nH]n2)cc1OC. The lowest BCUT2D eigenvalue weighted by Crippen LogP contribution is -2.18. The van der Waals surface area contributed by atoms with E-state index in [1.165, 1.54) is 0 Å². The van der Waals surface area contributed by atoms with E-state index in [-0.39, 0.29) is 5.69 Å². The number of rotatable bonds is 7. The fourth-order valence-electron chi connectivity index (χ4n) is 3.38. The summed E-state index contributed by atoms with van der Waals surface area (Å²) in [5.74, 6) is 1.44. The van der Waals surface area contributed by atoms with Gasteiger partial charge in [-0.15, -0.1) is 0 Å². The van der Waals surface area contributed by atoms with Crippen LogP contribution in [0.15, 0.2) is 65.8 Å². The van der Waals surface area contributed by atoms with Gasteiger partial charge in [-0.25, -0.2) is 5.43 Å². The molecular weight excluding hydrogens is 408 g/mol. The summed E-state index contributed by atoms with van der Waals surface area (Å²) in [5, 5.41) is 13.1. The molecule has 2 N–H and O–H groups in total. The van der Waals surface area contributed by atoms with Crippen molar-refractivity contribution in [3.63, 3.8) is 0 Å². The number of hydrazone groups is 1. The molecule has 0 saturated heterocycles. The van der Waals surface area contributed by atoms with Gasteiger partial charge in [0, 0.05) is 11.1 Å². The second-order valence-electron chi connectivity index (χ2n) is 6.84. The molecule has 8 nitrogen and oxygen atoms in total. The number of aromatic amines is 1. The molecule has 0 bridgehead atoms. The van der Waals surface area contributed by atoms with Crippen molar-refractivity contribution >= 4 is 22.9 Å². The Bertz CT molecular complexity index is 1300. The predicted molar refractivity (Wildman–Crippen MR) is 123 cm³/mol. The predicted octanol–water partition coefficient (Wildman–Crippen LogP) is 4.02. The van der Waals surface area contributed by atoms with Crippen LogP contribution in [-0.4, -0.2) is 43.6 Å². The van der Waals surface area contributed by atoms with Gasteiger partial charge in [0.2, 0.25) is 0 Å². The lowest BCUT2D eigenvalue weighted by Gasteiger charge is -2.08. The lowest BCUT2D eigenvalue weighted by molar-refractivity contribution is 0.0950. The van der Waals surface area contributed by atoms with Gasteiger partial charge in [0.05, 0.1) is 33.2 Å².